The molecule has 0 saturated carbocycles. The van der Waals surface area contributed by atoms with Crippen LogP contribution in [0.15, 0.2) is 54.6 Å². The second-order valence-corrected chi connectivity index (χ2v) is 6.51. The summed E-state index contributed by atoms with van der Waals surface area (Å²) in [6.45, 7) is 0. The van der Waals surface area contributed by atoms with E-state index < -0.39 is 0 Å². The second-order valence-electron chi connectivity index (χ2n) is 6.51. The predicted molar refractivity (Wildman–Crippen MR) is 102 cm³/mol. The van der Waals surface area contributed by atoms with E-state index in [0.717, 1.165) is 35.1 Å². The van der Waals surface area contributed by atoms with Crippen molar-refractivity contribution >= 4 is 22.4 Å². The van der Waals surface area contributed by atoms with Crippen LogP contribution in [-0.4, -0.2) is 13.0 Å². The fourth-order valence-corrected chi connectivity index (χ4v) is 3.64. The fraction of sp³-hybridized carbons (Fsp3) is 0.227. The highest BCUT2D eigenvalue weighted by Gasteiger charge is 2.17. The van der Waals surface area contributed by atoms with E-state index in [2.05, 4.69) is 17.4 Å². The van der Waals surface area contributed by atoms with Gasteiger partial charge in [0.1, 0.15) is 5.75 Å². The first-order valence-electron chi connectivity index (χ1n) is 8.75. The minimum Gasteiger partial charge on any atom is -0.495 e. The molecule has 1 aliphatic rings. The highest BCUT2D eigenvalue weighted by atomic mass is 16.5. The number of hydrogen-bond donors (Lipinski definition) is 1. The Balaban J connectivity index is 1.70. The van der Waals surface area contributed by atoms with Gasteiger partial charge >= 0.3 is 0 Å². The quantitative estimate of drug-likeness (QED) is 0.735. The number of ether oxygens (including phenoxy) is 1. The molecule has 0 saturated heterocycles. The Bertz CT molecular complexity index is 941. The number of carbonyl (C=O) groups is 1. The zero-order valence-corrected chi connectivity index (χ0v) is 14.3. The van der Waals surface area contributed by atoms with Crippen molar-refractivity contribution in [3.8, 4) is 5.75 Å². The molecule has 0 unspecified atom stereocenters. The molecule has 0 aliphatic heterocycles. The van der Waals surface area contributed by atoms with E-state index in [1.54, 1.807) is 7.11 Å². The van der Waals surface area contributed by atoms with Crippen molar-refractivity contribution in [1.82, 2.24) is 0 Å². The largest absolute Gasteiger partial charge is 0.495 e. The number of methoxy groups -OCH3 is 1. The Hall–Kier alpha value is -2.81. The number of amides is 1. The molecule has 0 bridgehead atoms. The van der Waals surface area contributed by atoms with Gasteiger partial charge in [0.05, 0.1) is 12.8 Å². The third kappa shape index (κ3) is 2.98. The summed E-state index contributed by atoms with van der Waals surface area (Å²) in [6.07, 6.45) is 4.58. The Labute approximate surface area is 147 Å². The van der Waals surface area contributed by atoms with E-state index in [-0.39, 0.29) is 5.91 Å². The number of carbonyl (C=O) groups excluding carboxylic acids is 1. The van der Waals surface area contributed by atoms with Crippen LogP contribution in [0.3, 0.4) is 0 Å². The summed E-state index contributed by atoms with van der Waals surface area (Å²) in [5.74, 6) is 0.625. The average molecular weight is 331 g/mol. The van der Waals surface area contributed by atoms with Gasteiger partial charge in [-0.15, -0.1) is 0 Å². The highest BCUT2D eigenvalue weighted by molar-refractivity contribution is 6.13. The fourth-order valence-electron chi connectivity index (χ4n) is 3.64. The van der Waals surface area contributed by atoms with Gasteiger partial charge in [0, 0.05) is 5.56 Å². The Morgan fingerprint density at radius 3 is 2.48 bits per heavy atom. The van der Waals surface area contributed by atoms with Gasteiger partial charge in [0.25, 0.3) is 5.91 Å². The van der Waals surface area contributed by atoms with E-state index in [0.29, 0.717) is 5.56 Å². The molecule has 0 fully saturated rings. The summed E-state index contributed by atoms with van der Waals surface area (Å²) in [6, 6.07) is 17.9. The first-order valence-corrected chi connectivity index (χ1v) is 8.75. The van der Waals surface area contributed by atoms with E-state index in [1.807, 2.05) is 42.5 Å². The van der Waals surface area contributed by atoms with Crippen LogP contribution in [0.2, 0.25) is 0 Å². The normalized spacial score (nSPS) is 13.3. The zero-order valence-electron chi connectivity index (χ0n) is 14.3. The lowest BCUT2D eigenvalue weighted by molar-refractivity contribution is 0.102. The molecule has 1 aliphatic carbocycles. The first kappa shape index (κ1) is 15.7. The summed E-state index contributed by atoms with van der Waals surface area (Å²) in [5, 5.41) is 5.08. The molecular weight excluding hydrogens is 310 g/mol. The molecular formula is C22H21NO2. The number of rotatable bonds is 3. The number of benzene rings is 3. The van der Waals surface area contributed by atoms with Crippen molar-refractivity contribution in [2.24, 2.45) is 0 Å². The van der Waals surface area contributed by atoms with E-state index in [1.165, 1.54) is 24.0 Å². The van der Waals surface area contributed by atoms with Gasteiger partial charge in [0.15, 0.2) is 0 Å². The summed E-state index contributed by atoms with van der Waals surface area (Å²) in [4.78, 5) is 12.9. The van der Waals surface area contributed by atoms with Crippen LogP contribution in [0.5, 0.6) is 5.75 Å². The van der Waals surface area contributed by atoms with E-state index >= 15 is 0 Å². The van der Waals surface area contributed by atoms with Crippen LogP contribution in [0.4, 0.5) is 5.69 Å². The molecule has 25 heavy (non-hydrogen) atoms. The first-order chi connectivity index (χ1) is 12.3. The van der Waals surface area contributed by atoms with E-state index in [4.69, 9.17) is 4.74 Å². The minimum absolute atomic E-state index is 0.106. The molecule has 0 aromatic heterocycles. The van der Waals surface area contributed by atoms with Gasteiger partial charge in [-0.2, -0.15) is 0 Å². The topological polar surface area (TPSA) is 38.3 Å². The molecule has 1 amide bonds. The molecule has 0 heterocycles. The molecule has 4 rings (SSSR count). The summed E-state index contributed by atoms with van der Waals surface area (Å²) in [7, 11) is 1.65. The van der Waals surface area contributed by atoms with Gasteiger partial charge in [-0.3, -0.25) is 4.79 Å². The minimum atomic E-state index is -0.106. The van der Waals surface area contributed by atoms with Crippen LogP contribution in [0, 0.1) is 0 Å². The van der Waals surface area contributed by atoms with Crippen LogP contribution >= 0.6 is 0 Å². The zero-order chi connectivity index (χ0) is 17.2. The maximum absolute atomic E-state index is 12.9. The lowest BCUT2D eigenvalue weighted by Gasteiger charge is -2.19. The lowest BCUT2D eigenvalue weighted by atomic mass is 9.91. The monoisotopic (exact) mass is 331 g/mol. The molecule has 3 heteroatoms. The Kier molecular flexibility index (Phi) is 4.14. The van der Waals surface area contributed by atoms with Crippen LogP contribution in [-0.2, 0) is 12.8 Å². The number of anilines is 1. The predicted octanol–water partition coefficient (Wildman–Crippen LogP) is 4.98. The standard InChI is InChI=1S/C22H21NO2/c1-25-21-14-17-9-3-2-8-16(17)13-20(21)23-22(24)19-12-6-10-15-7-4-5-11-18(15)19/h4-7,10-14H,2-3,8-9H2,1H3,(H,23,24). The molecule has 3 aromatic carbocycles. The van der Waals surface area contributed by atoms with E-state index in [9.17, 15) is 4.79 Å². The van der Waals surface area contributed by atoms with Gasteiger partial charge in [0.2, 0.25) is 0 Å². The Morgan fingerprint density at radius 2 is 1.68 bits per heavy atom. The van der Waals surface area contributed by atoms with Crippen molar-refractivity contribution in [2.45, 2.75) is 25.7 Å². The number of aryl methyl sites for hydroxylation is 2. The van der Waals surface area contributed by atoms with Crippen molar-refractivity contribution < 1.29 is 9.53 Å². The highest BCUT2D eigenvalue weighted by Crippen LogP contribution is 2.33. The molecule has 126 valence electrons. The summed E-state index contributed by atoms with van der Waals surface area (Å²) < 4.78 is 5.52. The van der Waals surface area contributed by atoms with Gasteiger partial charge in [-0.1, -0.05) is 36.4 Å². The number of nitrogens with one attached hydrogen (secondary N) is 1. The summed E-state index contributed by atoms with van der Waals surface area (Å²) in [5.41, 5.74) is 4.09. The Morgan fingerprint density at radius 1 is 0.960 bits per heavy atom. The maximum Gasteiger partial charge on any atom is 0.256 e. The lowest BCUT2D eigenvalue weighted by Crippen LogP contribution is -2.14. The van der Waals surface area contributed by atoms with Crippen molar-refractivity contribution in [1.29, 1.82) is 0 Å². The third-order valence-corrected chi connectivity index (χ3v) is 4.95. The molecule has 3 aromatic rings. The second kappa shape index (κ2) is 6.60. The van der Waals surface area contributed by atoms with Crippen molar-refractivity contribution in [3.05, 3.63) is 71.3 Å². The number of fused-ring (bicyclic) bond motifs is 2. The molecule has 1 N–H and O–H groups in total. The van der Waals surface area contributed by atoms with Crippen molar-refractivity contribution in [2.75, 3.05) is 12.4 Å². The average Bonchev–Trinajstić information content (AvgIpc) is 2.67. The van der Waals surface area contributed by atoms with Crippen LogP contribution in [0.25, 0.3) is 10.8 Å². The molecule has 0 spiro atoms. The van der Waals surface area contributed by atoms with Crippen LogP contribution < -0.4 is 10.1 Å². The number of hydrogen-bond acceptors (Lipinski definition) is 2. The van der Waals surface area contributed by atoms with Gasteiger partial charge in [-0.05, 0) is 65.8 Å². The smallest absolute Gasteiger partial charge is 0.256 e. The maximum atomic E-state index is 12.9. The van der Waals surface area contributed by atoms with Crippen molar-refractivity contribution in [3.63, 3.8) is 0 Å². The molecule has 3 nitrogen and oxygen atoms in total. The summed E-state index contributed by atoms with van der Waals surface area (Å²) >= 11 is 0. The SMILES string of the molecule is COc1cc2c(cc1NC(=O)c1cccc3ccccc13)CCCC2. The molecule has 0 atom stereocenters. The molecule has 0 radical (unpaired) electrons. The van der Waals surface area contributed by atoms with Gasteiger partial charge < -0.3 is 10.1 Å². The third-order valence-electron chi connectivity index (χ3n) is 4.95. The van der Waals surface area contributed by atoms with Gasteiger partial charge in [-0.25, -0.2) is 0 Å². The van der Waals surface area contributed by atoms with Crippen LogP contribution in [0.1, 0.15) is 34.3 Å².